The lowest BCUT2D eigenvalue weighted by molar-refractivity contribution is -0.128. The number of carbonyl (C=O) groups is 2. The van der Waals surface area contributed by atoms with Crippen molar-refractivity contribution in [1.82, 2.24) is 9.88 Å². The van der Waals surface area contributed by atoms with Crippen LogP contribution in [0.15, 0.2) is 48.5 Å². The van der Waals surface area contributed by atoms with Gasteiger partial charge in [-0.25, -0.2) is 4.98 Å². The highest BCUT2D eigenvalue weighted by Crippen LogP contribution is 2.30. The molecule has 0 bridgehead atoms. The van der Waals surface area contributed by atoms with Gasteiger partial charge >= 0.3 is 0 Å². The average molecular weight is 395 g/mol. The maximum atomic E-state index is 12.6. The van der Waals surface area contributed by atoms with Crippen LogP contribution in [0.5, 0.6) is 5.75 Å². The average Bonchev–Trinajstić information content (AvgIpc) is 3.29. The van der Waals surface area contributed by atoms with Gasteiger partial charge in [-0.3, -0.25) is 9.59 Å². The number of anilines is 1. The zero-order chi connectivity index (χ0) is 19.5. The molecular formula is C21H21N3O3S. The number of hydrogen-bond donors (Lipinski definition) is 1. The summed E-state index contributed by atoms with van der Waals surface area (Å²) in [5.41, 5.74) is 2.00. The molecule has 0 spiro atoms. The Morgan fingerprint density at radius 3 is 2.89 bits per heavy atom. The zero-order valence-electron chi connectivity index (χ0n) is 15.6. The molecule has 1 aliphatic heterocycles. The van der Waals surface area contributed by atoms with E-state index in [0.717, 1.165) is 22.4 Å². The quantitative estimate of drug-likeness (QED) is 0.695. The SMILES string of the molecule is COc1ccc2nc(NC(=O)C3CC(=O)N(CCc4ccccc4)C3)sc2c1. The highest BCUT2D eigenvalue weighted by molar-refractivity contribution is 7.22. The molecule has 7 heteroatoms. The second kappa shape index (κ2) is 7.98. The molecule has 4 rings (SSSR count). The number of hydrogen-bond acceptors (Lipinski definition) is 5. The summed E-state index contributed by atoms with van der Waals surface area (Å²) < 4.78 is 6.17. The molecule has 1 fully saturated rings. The van der Waals surface area contributed by atoms with Crippen LogP contribution in [0.2, 0.25) is 0 Å². The molecule has 1 unspecified atom stereocenters. The molecule has 2 amide bonds. The van der Waals surface area contributed by atoms with Crippen molar-refractivity contribution in [1.29, 1.82) is 0 Å². The predicted molar refractivity (Wildman–Crippen MR) is 110 cm³/mol. The van der Waals surface area contributed by atoms with Gasteiger partial charge in [-0.1, -0.05) is 41.7 Å². The van der Waals surface area contributed by atoms with Crippen molar-refractivity contribution in [2.24, 2.45) is 5.92 Å². The minimum Gasteiger partial charge on any atom is -0.497 e. The summed E-state index contributed by atoms with van der Waals surface area (Å²) in [5, 5.41) is 3.42. The van der Waals surface area contributed by atoms with Crippen molar-refractivity contribution in [3.8, 4) is 5.75 Å². The summed E-state index contributed by atoms with van der Waals surface area (Å²) in [6.45, 7) is 1.09. The van der Waals surface area contributed by atoms with E-state index in [9.17, 15) is 9.59 Å². The first-order valence-corrected chi connectivity index (χ1v) is 10.0. The third-order valence-corrected chi connectivity index (χ3v) is 5.86. The van der Waals surface area contributed by atoms with Crippen molar-refractivity contribution in [3.63, 3.8) is 0 Å². The van der Waals surface area contributed by atoms with E-state index in [0.29, 0.717) is 18.2 Å². The summed E-state index contributed by atoms with van der Waals surface area (Å²) in [6.07, 6.45) is 1.04. The van der Waals surface area contributed by atoms with Gasteiger partial charge < -0.3 is 15.0 Å². The summed E-state index contributed by atoms with van der Waals surface area (Å²) in [4.78, 5) is 31.1. The van der Waals surface area contributed by atoms with Crippen LogP contribution in [0.1, 0.15) is 12.0 Å². The highest BCUT2D eigenvalue weighted by Gasteiger charge is 2.34. The smallest absolute Gasteiger partial charge is 0.231 e. The van der Waals surface area contributed by atoms with Gasteiger partial charge in [0.2, 0.25) is 11.8 Å². The predicted octanol–water partition coefficient (Wildman–Crippen LogP) is 3.33. The number of benzene rings is 2. The maximum Gasteiger partial charge on any atom is 0.231 e. The molecule has 28 heavy (non-hydrogen) atoms. The fourth-order valence-electron chi connectivity index (χ4n) is 3.37. The number of nitrogens with one attached hydrogen (secondary N) is 1. The second-order valence-corrected chi connectivity index (χ2v) is 7.85. The normalized spacial score (nSPS) is 16.5. The first-order chi connectivity index (χ1) is 13.6. The molecule has 1 aliphatic rings. The van der Waals surface area contributed by atoms with Gasteiger partial charge in [0, 0.05) is 19.5 Å². The first kappa shape index (κ1) is 18.4. The second-order valence-electron chi connectivity index (χ2n) is 6.82. The largest absolute Gasteiger partial charge is 0.497 e. The molecule has 1 N–H and O–H groups in total. The number of likely N-dealkylation sites (tertiary alicyclic amines) is 1. The lowest BCUT2D eigenvalue weighted by Gasteiger charge is -2.16. The summed E-state index contributed by atoms with van der Waals surface area (Å²) >= 11 is 1.40. The lowest BCUT2D eigenvalue weighted by Crippen LogP contribution is -2.30. The topological polar surface area (TPSA) is 71.5 Å². The molecule has 6 nitrogen and oxygen atoms in total. The molecule has 144 valence electrons. The fraction of sp³-hybridized carbons (Fsp3) is 0.286. The van der Waals surface area contributed by atoms with Crippen molar-refractivity contribution >= 4 is 38.5 Å². The molecule has 0 aliphatic carbocycles. The van der Waals surface area contributed by atoms with E-state index in [2.05, 4.69) is 10.3 Å². The summed E-state index contributed by atoms with van der Waals surface area (Å²) in [5.74, 6) is 0.293. The summed E-state index contributed by atoms with van der Waals surface area (Å²) in [6, 6.07) is 15.7. The van der Waals surface area contributed by atoms with Crippen LogP contribution in [0.3, 0.4) is 0 Å². The van der Waals surface area contributed by atoms with Crippen LogP contribution in [0.25, 0.3) is 10.2 Å². The number of nitrogens with zero attached hydrogens (tertiary/aromatic N) is 2. The molecular weight excluding hydrogens is 374 g/mol. The number of rotatable bonds is 6. The Hall–Kier alpha value is -2.93. The van der Waals surface area contributed by atoms with E-state index in [4.69, 9.17) is 4.74 Å². The molecule has 0 saturated carbocycles. The molecule has 1 aromatic heterocycles. The Morgan fingerprint density at radius 2 is 2.11 bits per heavy atom. The van der Waals surface area contributed by atoms with Crippen LogP contribution >= 0.6 is 11.3 Å². The van der Waals surface area contributed by atoms with Gasteiger partial charge in [0.1, 0.15) is 5.75 Å². The Morgan fingerprint density at radius 1 is 1.29 bits per heavy atom. The minimum atomic E-state index is -0.343. The van der Waals surface area contributed by atoms with Crippen molar-refractivity contribution in [3.05, 3.63) is 54.1 Å². The monoisotopic (exact) mass is 395 g/mol. The van der Waals surface area contributed by atoms with Gasteiger partial charge in [-0.05, 0) is 30.2 Å². The minimum absolute atomic E-state index is 0.0325. The zero-order valence-corrected chi connectivity index (χ0v) is 16.4. The van der Waals surface area contributed by atoms with Crippen LogP contribution in [-0.4, -0.2) is 41.9 Å². The molecule has 1 saturated heterocycles. The van der Waals surface area contributed by atoms with Crippen molar-refractivity contribution in [2.45, 2.75) is 12.8 Å². The molecule has 1 atom stereocenters. The molecule has 3 aromatic rings. The van der Waals surface area contributed by atoms with Gasteiger partial charge in [0.25, 0.3) is 0 Å². The van der Waals surface area contributed by atoms with E-state index in [1.807, 2.05) is 48.5 Å². The van der Waals surface area contributed by atoms with Gasteiger partial charge in [-0.15, -0.1) is 0 Å². The first-order valence-electron chi connectivity index (χ1n) is 9.19. The third kappa shape index (κ3) is 3.99. The third-order valence-electron chi connectivity index (χ3n) is 4.92. The van der Waals surface area contributed by atoms with Crippen LogP contribution in [-0.2, 0) is 16.0 Å². The number of thiazole rings is 1. The van der Waals surface area contributed by atoms with E-state index < -0.39 is 0 Å². The Labute approximate surface area is 167 Å². The van der Waals surface area contributed by atoms with E-state index >= 15 is 0 Å². The number of carbonyl (C=O) groups excluding carboxylic acids is 2. The Kier molecular flexibility index (Phi) is 5.25. The molecule has 2 aromatic carbocycles. The Balaban J connectivity index is 1.36. The van der Waals surface area contributed by atoms with Crippen LogP contribution in [0, 0.1) is 5.92 Å². The lowest BCUT2D eigenvalue weighted by atomic mass is 10.1. The number of amides is 2. The van der Waals surface area contributed by atoms with Gasteiger partial charge in [-0.2, -0.15) is 0 Å². The standard InChI is InChI=1S/C21H21N3O3S/c1-27-16-7-8-17-18(12-16)28-21(22-17)23-20(26)15-11-19(25)24(13-15)10-9-14-5-3-2-4-6-14/h2-8,12,15H,9-11,13H2,1H3,(H,22,23,26). The van der Waals surface area contributed by atoms with E-state index in [-0.39, 0.29) is 24.2 Å². The summed E-state index contributed by atoms with van der Waals surface area (Å²) in [7, 11) is 1.62. The number of fused-ring (bicyclic) bond motifs is 1. The Bertz CT molecular complexity index is 1000. The molecule has 0 radical (unpaired) electrons. The number of ether oxygens (including phenoxy) is 1. The maximum absolute atomic E-state index is 12.6. The number of aromatic nitrogens is 1. The highest BCUT2D eigenvalue weighted by atomic mass is 32.1. The van der Waals surface area contributed by atoms with Crippen LogP contribution < -0.4 is 10.1 Å². The van der Waals surface area contributed by atoms with E-state index in [1.54, 1.807) is 12.0 Å². The number of methoxy groups -OCH3 is 1. The fourth-order valence-corrected chi connectivity index (χ4v) is 4.26. The van der Waals surface area contributed by atoms with Gasteiger partial charge in [0.05, 0.1) is 23.2 Å². The van der Waals surface area contributed by atoms with Crippen molar-refractivity contribution in [2.75, 3.05) is 25.5 Å². The van der Waals surface area contributed by atoms with Crippen molar-refractivity contribution < 1.29 is 14.3 Å². The van der Waals surface area contributed by atoms with E-state index in [1.165, 1.54) is 16.9 Å². The van der Waals surface area contributed by atoms with Crippen LogP contribution in [0.4, 0.5) is 5.13 Å². The molecule has 2 heterocycles. The van der Waals surface area contributed by atoms with Gasteiger partial charge in [0.15, 0.2) is 5.13 Å².